The molecular weight excluding hydrogens is 222 g/mol. The van der Waals surface area contributed by atoms with E-state index < -0.39 is 17.6 Å². The van der Waals surface area contributed by atoms with Crippen molar-refractivity contribution >= 4 is 11.9 Å². The first kappa shape index (κ1) is 14.0. The summed E-state index contributed by atoms with van der Waals surface area (Å²) in [6.45, 7) is 6.07. The van der Waals surface area contributed by atoms with Gasteiger partial charge in [-0.1, -0.05) is 13.8 Å². The Kier molecular flexibility index (Phi) is 4.51. The molecule has 0 spiro atoms. The van der Waals surface area contributed by atoms with Gasteiger partial charge in [0, 0.05) is 6.61 Å². The van der Waals surface area contributed by atoms with E-state index in [1.165, 1.54) is 7.11 Å². The highest BCUT2D eigenvalue weighted by Crippen LogP contribution is 2.25. The van der Waals surface area contributed by atoms with Crippen LogP contribution in [0, 0.1) is 5.92 Å². The molecule has 1 N–H and O–H groups in total. The van der Waals surface area contributed by atoms with Crippen molar-refractivity contribution in [2.24, 2.45) is 5.92 Å². The Hall–Kier alpha value is -1.10. The first-order valence-corrected chi connectivity index (χ1v) is 5.93. The van der Waals surface area contributed by atoms with E-state index in [4.69, 9.17) is 4.74 Å². The smallest absolute Gasteiger partial charge is 0.328 e. The zero-order valence-corrected chi connectivity index (χ0v) is 10.9. The number of ether oxygens (including phenoxy) is 2. The van der Waals surface area contributed by atoms with Crippen LogP contribution in [0.3, 0.4) is 0 Å². The predicted molar refractivity (Wildman–Crippen MR) is 62.4 cm³/mol. The van der Waals surface area contributed by atoms with Gasteiger partial charge in [-0.25, -0.2) is 4.79 Å². The molecule has 1 heterocycles. The maximum Gasteiger partial charge on any atom is 0.328 e. The topological polar surface area (TPSA) is 64.6 Å². The highest BCUT2D eigenvalue weighted by molar-refractivity contribution is 5.89. The normalized spacial score (nSPS) is 25.7. The van der Waals surface area contributed by atoms with Gasteiger partial charge in [-0.05, 0) is 25.7 Å². The van der Waals surface area contributed by atoms with Crippen LogP contribution in [0.15, 0.2) is 0 Å². The average molecular weight is 243 g/mol. The highest BCUT2D eigenvalue weighted by atomic mass is 16.5. The van der Waals surface area contributed by atoms with Gasteiger partial charge < -0.3 is 14.8 Å². The number of carbonyl (C=O) groups excluding carboxylic acids is 2. The van der Waals surface area contributed by atoms with Crippen molar-refractivity contribution in [3.63, 3.8) is 0 Å². The third kappa shape index (κ3) is 3.19. The van der Waals surface area contributed by atoms with Gasteiger partial charge in [-0.3, -0.25) is 4.79 Å². The summed E-state index contributed by atoms with van der Waals surface area (Å²) >= 11 is 0. The van der Waals surface area contributed by atoms with Crippen molar-refractivity contribution in [1.82, 2.24) is 5.32 Å². The van der Waals surface area contributed by atoms with E-state index >= 15 is 0 Å². The van der Waals surface area contributed by atoms with E-state index in [9.17, 15) is 9.59 Å². The van der Waals surface area contributed by atoms with Gasteiger partial charge >= 0.3 is 5.97 Å². The molecule has 1 rings (SSSR count). The minimum Gasteiger partial charge on any atom is -0.467 e. The molecule has 2 atom stereocenters. The lowest BCUT2D eigenvalue weighted by atomic mass is 9.99. The molecule has 0 aliphatic carbocycles. The molecule has 17 heavy (non-hydrogen) atoms. The van der Waals surface area contributed by atoms with Gasteiger partial charge in [-0.2, -0.15) is 0 Å². The number of hydrogen-bond acceptors (Lipinski definition) is 4. The molecule has 1 aliphatic heterocycles. The van der Waals surface area contributed by atoms with Crippen LogP contribution >= 0.6 is 0 Å². The second-order valence-corrected chi connectivity index (χ2v) is 4.90. The minimum absolute atomic E-state index is 0.0172. The van der Waals surface area contributed by atoms with E-state index in [-0.39, 0.29) is 11.8 Å². The lowest BCUT2D eigenvalue weighted by Gasteiger charge is -2.26. The molecule has 5 heteroatoms. The second-order valence-electron chi connectivity index (χ2n) is 4.90. The van der Waals surface area contributed by atoms with E-state index in [0.717, 1.165) is 6.42 Å². The van der Waals surface area contributed by atoms with E-state index in [1.807, 2.05) is 13.8 Å². The first-order chi connectivity index (χ1) is 7.90. The van der Waals surface area contributed by atoms with Crippen LogP contribution in [-0.2, 0) is 19.1 Å². The molecule has 0 aromatic rings. The number of hydrogen-bond donors (Lipinski definition) is 1. The Balaban J connectivity index is 2.67. The van der Waals surface area contributed by atoms with Gasteiger partial charge in [0.15, 0.2) is 0 Å². The molecule has 1 saturated heterocycles. The van der Waals surface area contributed by atoms with Crippen LogP contribution in [0.2, 0.25) is 0 Å². The van der Waals surface area contributed by atoms with Crippen LogP contribution in [-0.4, -0.2) is 37.2 Å². The Labute approximate surface area is 102 Å². The minimum atomic E-state index is -0.804. The van der Waals surface area contributed by atoms with Crippen LogP contribution in [0.4, 0.5) is 0 Å². The van der Waals surface area contributed by atoms with Crippen LogP contribution in [0.25, 0.3) is 0 Å². The van der Waals surface area contributed by atoms with Crippen LogP contribution < -0.4 is 5.32 Å². The van der Waals surface area contributed by atoms with Crippen molar-refractivity contribution in [3.05, 3.63) is 0 Å². The van der Waals surface area contributed by atoms with Crippen molar-refractivity contribution in [1.29, 1.82) is 0 Å². The van der Waals surface area contributed by atoms with Gasteiger partial charge in [0.05, 0.1) is 7.11 Å². The number of carbonyl (C=O) groups is 2. The molecule has 5 nitrogen and oxygen atoms in total. The van der Waals surface area contributed by atoms with Crippen LogP contribution in [0.1, 0.15) is 33.6 Å². The summed E-state index contributed by atoms with van der Waals surface area (Å²) in [5, 5.41) is 2.71. The number of methoxy groups -OCH3 is 1. The third-order valence-corrected chi connectivity index (χ3v) is 3.11. The zero-order valence-electron chi connectivity index (χ0n) is 10.9. The summed E-state index contributed by atoms with van der Waals surface area (Å²) in [6, 6.07) is -0.617. The molecule has 1 fully saturated rings. The summed E-state index contributed by atoms with van der Waals surface area (Å²) in [6.07, 6.45) is 1.55. The predicted octanol–water partition coefficient (Wildman–Crippen LogP) is 0.869. The number of esters is 1. The molecular formula is C12H21NO4. The van der Waals surface area contributed by atoms with Crippen LogP contribution in [0.5, 0.6) is 0 Å². The maximum atomic E-state index is 12.1. The number of nitrogens with one attached hydrogen (secondary N) is 1. The lowest BCUT2D eigenvalue weighted by molar-refractivity contribution is -0.150. The summed E-state index contributed by atoms with van der Waals surface area (Å²) in [7, 11) is 1.32. The SMILES string of the molecule is COC(=O)C(NC(=O)C1(C)CCCO1)C(C)C. The monoisotopic (exact) mass is 243 g/mol. The zero-order chi connectivity index (χ0) is 13.1. The summed E-state index contributed by atoms with van der Waals surface area (Å²) < 4.78 is 10.1. The molecule has 0 aromatic heterocycles. The Morgan fingerprint density at radius 3 is 2.47 bits per heavy atom. The molecule has 0 radical (unpaired) electrons. The van der Waals surface area contributed by atoms with Gasteiger partial charge in [0.25, 0.3) is 5.91 Å². The van der Waals surface area contributed by atoms with Crippen molar-refractivity contribution in [2.75, 3.05) is 13.7 Å². The summed E-state index contributed by atoms with van der Waals surface area (Å²) in [5.74, 6) is -0.676. The summed E-state index contributed by atoms with van der Waals surface area (Å²) in [4.78, 5) is 23.6. The lowest BCUT2D eigenvalue weighted by Crippen LogP contribution is -2.52. The van der Waals surface area contributed by atoms with E-state index in [1.54, 1.807) is 6.92 Å². The molecule has 2 unspecified atom stereocenters. The van der Waals surface area contributed by atoms with Gasteiger partial charge in [0.1, 0.15) is 11.6 Å². The average Bonchev–Trinajstić information content (AvgIpc) is 2.72. The van der Waals surface area contributed by atoms with Crippen molar-refractivity contribution in [2.45, 2.75) is 45.3 Å². The number of amides is 1. The molecule has 1 aliphatic rings. The third-order valence-electron chi connectivity index (χ3n) is 3.11. The standard InChI is InChI=1S/C12H21NO4/c1-8(2)9(10(14)16-4)13-11(15)12(3)6-5-7-17-12/h8-9H,5-7H2,1-4H3,(H,13,15). The molecule has 98 valence electrons. The first-order valence-electron chi connectivity index (χ1n) is 5.93. The maximum absolute atomic E-state index is 12.1. The Morgan fingerprint density at radius 1 is 1.41 bits per heavy atom. The molecule has 0 saturated carbocycles. The number of rotatable bonds is 4. The Bertz CT molecular complexity index is 295. The summed E-state index contributed by atoms with van der Waals surface area (Å²) in [5.41, 5.74) is -0.804. The van der Waals surface area contributed by atoms with E-state index in [0.29, 0.717) is 13.0 Å². The van der Waals surface area contributed by atoms with Crippen molar-refractivity contribution in [3.8, 4) is 0 Å². The molecule has 0 aromatic carbocycles. The highest BCUT2D eigenvalue weighted by Gasteiger charge is 2.40. The molecule has 1 amide bonds. The van der Waals surface area contributed by atoms with Crippen molar-refractivity contribution < 1.29 is 19.1 Å². The largest absolute Gasteiger partial charge is 0.467 e. The van der Waals surface area contributed by atoms with Gasteiger partial charge in [-0.15, -0.1) is 0 Å². The molecule has 0 bridgehead atoms. The Morgan fingerprint density at radius 2 is 2.06 bits per heavy atom. The van der Waals surface area contributed by atoms with Gasteiger partial charge in [0.2, 0.25) is 0 Å². The fraction of sp³-hybridized carbons (Fsp3) is 0.833. The quantitative estimate of drug-likeness (QED) is 0.744. The fourth-order valence-corrected chi connectivity index (χ4v) is 1.88. The van der Waals surface area contributed by atoms with E-state index in [2.05, 4.69) is 10.1 Å². The fourth-order valence-electron chi connectivity index (χ4n) is 1.88. The second kappa shape index (κ2) is 5.49.